The van der Waals surface area contributed by atoms with Crippen molar-refractivity contribution in [3.8, 4) is 0 Å². The van der Waals surface area contributed by atoms with Crippen molar-refractivity contribution in [1.82, 2.24) is 14.5 Å². The Bertz CT molecular complexity index is 542. The van der Waals surface area contributed by atoms with E-state index in [0.29, 0.717) is 6.04 Å². The van der Waals surface area contributed by atoms with Gasteiger partial charge in [0.15, 0.2) is 0 Å². The molecule has 0 radical (unpaired) electrons. The van der Waals surface area contributed by atoms with Gasteiger partial charge in [0.25, 0.3) is 0 Å². The molecule has 0 aliphatic heterocycles. The molecule has 18 heavy (non-hydrogen) atoms. The lowest BCUT2D eigenvalue weighted by Gasteiger charge is -2.21. The zero-order valence-electron chi connectivity index (χ0n) is 11.6. The van der Waals surface area contributed by atoms with Crippen LogP contribution in [-0.2, 0) is 13.0 Å². The molecule has 1 atom stereocenters. The minimum absolute atomic E-state index is 0.477. The average Bonchev–Trinajstić information content (AvgIpc) is 2.66. The number of likely N-dealkylation sites (N-methyl/N-ethyl adjacent to an activating group) is 1. The molecule has 0 amide bonds. The van der Waals surface area contributed by atoms with Crippen LogP contribution in [0.25, 0.3) is 11.0 Å². The van der Waals surface area contributed by atoms with Crippen molar-refractivity contribution in [2.75, 3.05) is 19.8 Å². The second kappa shape index (κ2) is 4.98. The van der Waals surface area contributed by atoms with Gasteiger partial charge in [-0.05, 0) is 39.2 Å². The normalized spacial score (nSPS) is 13.4. The maximum absolute atomic E-state index is 5.82. The number of fused-ring (bicyclic) bond motifs is 1. The van der Waals surface area contributed by atoms with E-state index in [1.54, 1.807) is 0 Å². The van der Waals surface area contributed by atoms with Crippen LogP contribution in [0.5, 0.6) is 0 Å². The minimum atomic E-state index is 0.477. The largest absolute Gasteiger partial charge is 0.399 e. The quantitative estimate of drug-likeness (QED) is 0.841. The van der Waals surface area contributed by atoms with Crippen LogP contribution in [0.3, 0.4) is 0 Å². The van der Waals surface area contributed by atoms with Gasteiger partial charge >= 0.3 is 0 Å². The summed E-state index contributed by atoms with van der Waals surface area (Å²) in [4.78, 5) is 6.89. The number of nitrogens with zero attached hydrogens (tertiary/aromatic N) is 3. The van der Waals surface area contributed by atoms with Gasteiger partial charge in [0.05, 0.1) is 11.0 Å². The van der Waals surface area contributed by atoms with E-state index in [1.165, 1.54) is 5.52 Å². The highest BCUT2D eigenvalue weighted by molar-refractivity contribution is 5.79. The van der Waals surface area contributed by atoms with Crippen LogP contribution in [0.4, 0.5) is 5.69 Å². The predicted molar refractivity (Wildman–Crippen MR) is 76.7 cm³/mol. The lowest BCUT2D eigenvalue weighted by Crippen LogP contribution is -2.29. The zero-order chi connectivity index (χ0) is 13.3. The van der Waals surface area contributed by atoms with E-state index in [4.69, 9.17) is 5.73 Å². The van der Waals surface area contributed by atoms with E-state index in [9.17, 15) is 0 Å². The van der Waals surface area contributed by atoms with Crippen molar-refractivity contribution in [3.05, 3.63) is 24.0 Å². The molecule has 1 heterocycles. The number of hydrogen-bond donors (Lipinski definition) is 1. The molecular weight excluding hydrogens is 224 g/mol. The number of imidazole rings is 1. The molecule has 1 unspecified atom stereocenters. The summed E-state index contributed by atoms with van der Waals surface area (Å²) in [6, 6.07) is 6.44. The first-order valence-corrected chi connectivity index (χ1v) is 6.44. The van der Waals surface area contributed by atoms with Crippen LogP contribution in [0.1, 0.15) is 19.7 Å². The van der Waals surface area contributed by atoms with Crippen LogP contribution in [0, 0.1) is 0 Å². The fourth-order valence-corrected chi connectivity index (χ4v) is 2.10. The number of aryl methyl sites for hydroxylation is 1. The van der Waals surface area contributed by atoms with Gasteiger partial charge in [-0.2, -0.15) is 0 Å². The van der Waals surface area contributed by atoms with Crippen LogP contribution >= 0.6 is 0 Å². The fraction of sp³-hybridized carbons (Fsp3) is 0.500. The Kier molecular flexibility index (Phi) is 3.57. The van der Waals surface area contributed by atoms with E-state index < -0.39 is 0 Å². The molecule has 0 fully saturated rings. The van der Waals surface area contributed by atoms with E-state index >= 15 is 0 Å². The highest BCUT2D eigenvalue weighted by atomic mass is 15.2. The zero-order valence-corrected chi connectivity index (χ0v) is 11.6. The second-order valence-electron chi connectivity index (χ2n) is 5.05. The summed E-state index contributed by atoms with van der Waals surface area (Å²) < 4.78 is 2.31. The number of rotatable bonds is 4. The van der Waals surface area contributed by atoms with Crippen LogP contribution in [0.2, 0.25) is 0 Å². The standard InChI is InChI=1S/C14H22N4/c1-5-14-16-12-8-11(15)6-7-13(12)18(14)9-10(2)17(3)4/h6-8,10H,5,9,15H2,1-4H3. The predicted octanol–water partition coefficient (Wildman–Crippen LogP) is 2.13. The summed E-state index contributed by atoms with van der Waals surface area (Å²) >= 11 is 0. The van der Waals surface area contributed by atoms with Crippen molar-refractivity contribution in [3.63, 3.8) is 0 Å². The highest BCUT2D eigenvalue weighted by Gasteiger charge is 2.13. The van der Waals surface area contributed by atoms with Crippen LogP contribution < -0.4 is 5.73 Å². The van der Waals surface area contributed by atoms with Crippen LogP contribution in [-0.4, -0.2) is 34.6 Å². The summed E-state index contributed by atoms with van der Waals surface area (Å²) in [5.74, 6) is 1.13. The molecule has 2 N–H and O–H groups in total. The van der Waals surface area contributed by atoms with Crippen LogP contribution in [0.15, 0.2) is 18.2 Å². The molecule has 98 valence electrons. The molecule has 0 saturated carbocycles. The Balaban J connectivity index is 2.47. The van der Waals surface area contributed by atoms with Gasteiger partial charge in [0.1, 0.15) is 5.82 Å². The average molecular weight is 246 g/mol. The van der Waals surface area contributed by atoms with E-state index in [-0.39, 0.29) is 0 Å². The van der Waals surface area contributed by atoms with Crippen molar-refractivity contribution in [1.29, 1.82) is 0 Å². The van der Waals surface area contributed by atoms with Gasteiger partial charge < -0.3 is 15.2 Å². The first-order chi connectivity index (χ1) is 8.52. The lowest BCUT2D eigenvalue weighted by atomic mass is 10.2. The smallest absolute Gasteiger partial charge is 0.109 e. The molecule has 2 rings (SSSR count). The Labute approximate surface area is 108 Å². The molecule has 0 aliphatic rings. The number of hydrogen-bond acceptors (Lipinski definition) is 3. The lowest BCUT2D eigenvalue weighted by molar-refractivity contribution is 0.284. The van der Waals surface area contributed by atoms with Crippen molar-refractivity contribution in [2.45, 2.75) is 32.9 Å². The fourth-order valence-electron chi connectivity index (χ4n) is 2.10. The number of anilines is 1. The van der Waals surface area contributed by atoms with Gasteiger partial charge in [0.2, 0.25) is 0 Å². The summed E-state index contributed by atoms with van der Waals surface area (Å²) in [6.07, 6.45) is 0.939. The Hall–Kier alpha value is -1.55. The monoisotopic (exact) mass is 246 g/mol. The second-order valence-corrected chi connectivity index (χ2v) is 5.05. The highest BCUT2D eigenvalue weighted by Crippen LogP contribution is 2.20. The van der Waals surface area contributed by atoms with Gasteiger partial charge in [0, 0.05) is 24.7 Å². The molecule has 1 aromatic carbocycles. The molecule has 0 saturated heterocycles. The number of aromatic nitrogens is 2. The van der Waals surface area contributed by atoms with E-state index in [0.717, 1.165) is 30.0 Å². The maximum Gasteiger partial charge on any atom is 0.109 e. The van der Waals surface area contributed by atoms with Gasteiger partial charge in [-0.15, -0.1) is 0 Å². The summed E-state index contributed by atoms with van der Waals surface area (Å²) in [6.45, 7) is 5.32. The minimum Gasteiger partial charge on any atom is -0.399 e. The molecule has 0 bridgehead atoms. The molecule has 0 aliphatic carbocycles. The summed E-state index contributed by atoms with van der Waals surface area (Å²) in [7, 11) is 4.21. The first kappa shape index (κ1) is 12.9. The number of nitrogen functional groups attached to an aromatic ring is 1. The van der Waals surface area contributed by atoms with Crippen molar-refractivity contribution < 1.29 is 0 Å². The van der Waals surface area contributed by atoms with E-state index in [2.05, 4.69) is 48.5 Å². The molecule has 1 aromatic heterocycles. The van der Waals surface area contributed by atoms with E-state index in [1.807, 2.05) is 12.1 Å². The Morgan fingerprint density at radius 3 is 2.72 bits per heavy atom. The first-order valence-electron chi connectivity index (χ1n) is 6.44. The molecule has 4 heteroatoms. The third-order valence-electron chi connectivity index (χ3n) is 3.50. The molecule has 2 aromatic rings. The summed E-state index contributed by atoms with van der Waals surface area (Å²) in [5.41, 5.74) is 8.76. The van der Waals surface area contributed by atoms with Crippen molar-refractivity contribution >= 4 is 16.7 Å². The number of nitrogens with two attached hydrogens (primary N) is 1. The Morgan fingerprint density at radius 2 is 2.11 bits per heavy atom. The van der Waals surface area contributed by atoms with Gasteiger partial charge in [-0.1, -0.05) is 6.92 Å². The maximum atomic E-state index is 5.82. The molecule has 0 spiro atoms. The van der Waals surface area contributed by atoms with Gasteiger partial charge in [-0.25, -0.2) is 4.98 Å². The molecule has 4 nitrogen and oxygen atoms in total. The molecular formula is C14H22N4. The third-order valence-corrected chi connectivity index (χ3v) is 3.50. The Morgan fingerprint density at radius 1 is 1.39 bits per heavy atom. The number of benzene rings is 1. The SMILES string of the molecule is CCc1nc2cc(N)ccc2n1CC(C)N(C)C. The van der Waals surface area contributed by atoms with Crippen molar-refractivity contribution in [2.24, 2.45) is 0 Å². The topological polar surface area (TPSA) is 47.1 Å². The van der Waals surface area contributed by atoms with Gasteiger partial charge in [-0.3, -0.25) is 0 Å². The third kappa shape index (κ3) is 2.34. The summed E-state index contributed by atoms with van der Waals surface area (Å²) in [5, 5.41) is 0.